The third-order valence-corrected chi connectivity index (χ3v) is 13.4. The Morgan fingerprint density at radius 3 is 1.89 bits per heavy atom. The van der Waals surface area contributed by atoms with Gasteiger partial charge in [0, 0.05) is 33.6 Å². The number of fused-ring (bicyclic) bond motifs is 8. The van der Waals surface area contributed by atoms with Crippen molar-refractivity contribution in [3.63, 3.8) is 0 Å². The summed E-state index contributed by atoms with van der Waals surface area (Å²) < 4.78 is 5.22. The molecule has 2 aromatic carbocycles. The number of nitrogens with zero attached hydrogens (tertiary/aromatic N) is 6. The monoisotopic (exact) mass is 770 g/mol. The lowest BCUT2D eigenvalue weighted by Gasteiger charge is -2.32. The van der Waals surface area contributed by atoms with Gasteiger partial charge in [-0.15, -0.1) is 22.7 Å². The Morgan fingerprint density at radius 1 is 0.800 bits per heavy atom. The van der Waals surface area contributed by atoms with E-state index in [4.69, 9.17) is 4.74 Å². The average molecular weight is 771 g/mol. The highest BCUT2D eigenvalue weighted by Gasteiger charge is 2.33. The maximum Gasteiger partial charge on any atom is 0.309 e. The van der Waals surface area contributed by atoms with Crippen LogP contribution in [0.25, 0.3) is 20.4 Å². The molecule has 0 fully saturated rings. The topological polar surface area (TPSA) is 147 Å². The van der Waals surface area contributed by atoms with Crippen molar-refractivity contribution in [2.24, 2.45) is 21.8 Å². The molecule has 10 rings (SSSR count). The molecule has 2 unspecified atom stereocenters. The number of hydrogen-bond acceptors (Lipinski definition) is 13. The maximum absolute atomic E-state index is 12.2. The quantitative estimate of drug-likeness (QED) is 0.137. The molecular weight excluding hydrogens is 729 g/mol. The zero-order valence-electron chi connectivity index (χ0n) is 31.1. The van der Waals surface area contributed by atoms with E-state index in [0.717, 1.165) is 101 Å². The summed E-state index contributed by atoms with van der Waals surface area (Å²) >= 11 is 3.40. The van der Waals surface area contributed by atoms with Gasteiger partial charge in [-0.1, -0.05) is 12.1 Å². The van der Waals surface area contributed by atoms with E-state index in [0.29, 0.717) is 12.5 Å². The lowest BCUT2D eigenvalue weighted by atomic mass is 9.78. The van der Waals surface area contributed by atoms with Crippen molar-refractivity contribution in [3.8, 4) is 0 Å². The third-order valence-electron chi connectivity index (χ3n) is 11.1. The molecule has 0 amide bonds. The van der Waals surface area contributed by atoms with Crippen LogP contribution in [0, 0.1) is 11.8 Å². The van der Waals surface area contributed by atoms with Gasteiger partial charge in [-0.25, -0.2) is 19.9 Å². The van der Waals surface area contributed by atoms with Gasteiger partial charge in [-0.3, -0.25) is 14.8 Å². The van der Waals surface area contributed by atoms with Crippen molar-refractivity contribution in [1.82, 2.24) is 19.9 Å². The van der Waals surface area contributed by atoms with Gasteiger partial charge >= 0.3 is 5.97 Å². The van der Waals surface area contributed by atoms with E-state index in [2.05, 4.69) is 77.0 Å². The standard InChI is InChI=1S/C21H20N4O2S.C21H22N4OS/c1-2-27-21(26)12-4-6-16-17(8-12)28-20-18(16)19(23-11-24-20)25-15-5-3-13-9-22-10-14(13)7-15;1-21(2,26)14-4-6-16-17(8-14)27-20-18(16)19(23-11-24-20)25-15-5-3-12-9-22-10-13(12)7-15/h3,5,7,10-12H,2,4,6,8-9H2,1H3,(H,23,24,25);3,5,7,10-11,14,26H,4,6,8-9H2,1-2H3,(H,23,24,25). The van der Waals surface area contributed by atoms with Crippen molar-refractivity contribution in [2.45, 2.75) is 78.0 Å². The fourth-order valence-corrected chi connectivity index (χ4v) is 10.6. The molecule has 0 spiro atoms. The molecule has 3 N–H and O–H groups in total. The lowest BCUT2D eigenvalue weighted by molar-refractivity contribution is -0.148. The minimum atomic E-state index is -0.646. The molecule has 4 aliphatic rings. The van der Waals surface area contributed by atoms with Crippen LogP contribution in [-0.4, -0.2) is 55.6 Å². The fraction of sp³-hybridized carbons (Fsp3) is 0.357. The number of benzene rings is 2. The van der Waals surface area contributed by atoms with Crippen LogP contribution >= 0.6 is 22.7 Å². The number of anilines is 4. The minimum absolute atomic E-state index is 0.0547. The van der Waals surface area contributed by atoms with Crippen molar-refractivity contribution < 1.29 is 14.6 Å². The molecule has 0 bridgehead atoms. The van der Waals surface area contributed by atoms with Crippen molar-refractivity contribution in [2.75, 3.05) is 17.2 Å². The Morgan fingerprint density at radius 2 is 1.35 bits per heavy atom. The Labute approximate surface area is 327 Å². The van der Waals surface area contributed by atoms with Crippen LogP contribution in [0.15, 0.2) is 59.0 Å². The number of esters is 1. The smallest absolute Gasteiger partial charge is 0.309 e. The minimum Gasteiger partial charge on any atom is -0.466 e. The lowest BCUT2D eigenvalue weighted by Crippen LogP contribution is -2.34. The Kier molecular flexibility index (Phi) is 9.39. The van der Waals surface area contributed by atoms with Gasteiger partial charge in [0.2, 0.25) is 0 Å². The van der Waals surface area contributed by atoms with Crippen LogP contribution < -0.4 is 10.6 Å². The number of nitrogens with one attached hydrogen (secondary N) is 2. The highest BCUT2D eigenvalue weighted by atomic mass is 32.1. The number of carbonyl (C=O) groups excluding carboxylic acids is 1. The van der Waals surface area contributed by atoms with E-state index in [-0.39, 0.29) is 11.9 Å². The van der Waals surface area contributed by atoms with Crippen molar-refractivity contribution in [3.05, 3.63) is 92.2 Å². The van der Waals surface area contributed by atoms with E-state index in [1.807, 2.05) is 33.2 Å². The van der Waals surface area contributed by atoms with Gasteiger partial charge in [-0.05, 0) is 123 Å². The molecule has 0 radical (unpaired) electrons. The predicted octanol–water partition coefficient (Wildman–Crippen LogP) is 8.28. The van der Waals surface area contributed by atoms with E-state index >= 15 is 0 Å². The van der Waals surface area contributed by atoms with Gasteiger partial charge in [0.05, 0.1) is 42.0 Å². The summed E-state index contributed by atoms with van der Waals surface area (Å²) in [4.78, 5) is 43.4. The first kappa shape index (κ1) is 35.6. The van der Waals surface area contributed by atoms with Crippen LogP contribution in [0.3, 0.4) is 0 Å². The second-order valence-corrected chi connectivity index (χ2v) is 17.3. The van der Waals surface area contributed by atoms with Crippen LogP contribution in [0.2, 0.25) is 0 Å². The third kappa shape index (κ3) is 7.00. The Bertz CT molecular complexity index is 2520. The van der Waals surface area contributed by atoms with Crippen LogP contribution in [0.4, 0.5) is 23.0 Å². The number of aromatic nitrogens is 4. The number of ether oxygens (including phenoxy) is 1. The van der Waals surface area contributed by atoms with Crippen LogP contribution in [-0.2, 0) is 48.3 Å². The molecule has 2 atom stereocenters. The first-order chi connectivity index (χ1) is 26.7. The molecule has 2 aliphatic heterocycles. The fourth-order valence-electron chi connectivity index (χ4n) is 8.11. The zero-order chi connectivity index (χ0) is 37.7. The molecule has 2 aliphatic carbocycles. The highest BCUT2D eigenvalue weighted by Crippen LogP contribution is 2.43. The SMILES string of the molecule is CC(C)(O)C1CCc2c(sc3ncnc(Nc4ccc5c(c4)C=NC5)c23)C1.CCOC(=O)C1CCc2c(sc3ncnc(Nc4ccc5c(c4)C=NC5)c23)C1. The summed E-state index contributed by atoms with van der Waals surface area (Å²) in [6.45, 7) is 7.64. The van der Waals surface area contributed by atoms with Gasteiger partial charge in [-0.2, -0.15) is 0 Å². The zero-order valence-corrected chi connectivity index (χ0v) is 32.7. The normalized spacial score (nSPS) is 18.0. The van der Waals surface area contributed by atoms with Crippen LogP contribution in [0.1, 0.15) is 76.7 Å². The molecule has 0 saturated heterocycles. The van der Waals surface area contributed by atoms with E-state index in [1.165, 1.54) is 37.6 Å². The largest absolute Gasteiger partial charge is 0.466 e. The van der Waals surface area contributed by atoms with Gasteiger partial charge in [0.25, 0.3) is 0 Å². The summed E-state index contributed by atoms with van der Waals surface area (Å²) in [5.74, 6) is 1.84. The number of hydrogen-bond donors (Lipinski definition) is 3. The molecule has 280 valence electrons. The number of aryl methyl sites for hydroxylation is 2. The highest BCUT2D eigenvalue weighted by molar-refractivity contribution is 7.19. The molecule has 13 heteroatoms. The first-order valence-corrected chi connectivity index (χ1v) is 20.5. The van der Waals surface area contributed by atoms with E-state index < -0.39 is 5.60 Å². The first-order valence-electron chi connectivity index (χ1n) is 18.9. The molecule has 4 aromatic heterocycles. The summed E-state index contributed by atoms with van der Waals surface area (Å²) in [6.07, 6.45) is 12.3. The van der Waals surface area contributed by atoms with Crippen LogP contribution in [0.5, 0.6) is 0 Å². The average Bonchev–Trinajstić information content (AvgIpc) is 3.99. The Hall–Kier alpha value is -5.11. The summed E-state index contributed by atoms with van der Waals surface area (Å²) in [6, 6.07) is 12.6. The van der Waals surface area contributed by atoms with Gasteiger partial charge in [0.15, 0.2) is 0 Å². The van der Waals surface area contributed by atoms with E-state index in [1.54, 1.807) is 35.3 Å². The maximum atomic E-state index is 12.2. The summed E-state index contributed by atoms with van der Waals surface area (Å²) in [5, 5.41) is 19.6. The molecule has 55 heavy (non-hydrogen) atoms. The van der Waals surface area contributed by atoms with Gasteiger partial charge in [0.1, 0.15) is 34.0 Å². The molecular formula is C42H42N8O3S2. The number of aliphatic imine (C=N–C) groups is 2. The number of carbonyl (C=O) groups is 1. The summed E-state index contributed by atoms with van der Waals surface area (Å²) in [5.41, 5.74) is 8.82. The van der Waals surface area contributed by atoms with Crippen molar-refractivity contribution in [1.29, 1.82) is 0 Å². The number of rotatable bonds is 7. The molecule has 11 nitrogen and oxygen atoms in total. The second-order valence-electron chi connectivity index (χ2n) is 15.1. The van der Waals surface area contributed by atoms with E-state index in [9.17, 15) is 9.90 Å². The van der Waals surface area contributed by atoms with Gasteiger partial charge < -0.3 is 20.5 Å². The van der Waals surface area contributed by atoms with Crippen molar-refractivity contribution >= 4 is 84.5 Å². The Balaban J connectivity index is 0.000000144. The number of aliphatic hydroxyl groups is 1. The molecule has 6 aromatic rings. The second kappa shape index (κ2) is 14.5. The summed E-state index contributed by atoms with van der Waals surface area (Å²) in [7, 11) is 0. The molecule has 0 saturated carbocycles. The molecule has 6 heterocycles. The predicted molar refractivity (Wildman–Crippen MR) is 221 cm³/mol. The number of thiophene rings is 2.